The molecule has 6 aromatic carbocycles. The first-order chi connectivity index (χ1) is 22.0. The Morgan fingerprint density at radius 3 is 1.56 bits per heavy atom. The van der Waals surface area contributed by atoms with Crippen LogP contribution in [0.1, 0.15) is 27.8 Å². The van der Waals surface area contributed by atoms with Crippen molar-refractivity contribution in [3.63, 3.8) is 0 Å². The highest BCUT2D eigenvalue weighted by molar-refractivity contribution is 6.33. The van der Waals surface area contributed by atoms with Gasteiger partial charge in [0.2, 0.25) is 5.69 Å². The van der Waals surface area contributed by atoms with Crippen LogP contribution in [0.4, 0.5) is 5.69 Å². The maximum absolute atomic E-state index is 9.37. The molecule has 1 aliphatic carbocycles. The number of nitrogens with zero attached hydrogens (tertiary/aromatic N) is 2. The predicted octanol–water partition coefficient (Wildman–Crippen LogP) is 11.4. The van der Waals surface area contributed by atoms with Gasteiger partial charge in [0, 0.05) is 11.1 Å². The topological polar surface area (TPSA) is 46.6 Å². The van der Waals surface area contributed by atoms with Gasteiger partial charge in [0.1, 0.15) is 29.1 Å². The van der Waals surface area contributed by atoms with E-state index in [0.29, 0.717) is 44.3 Å². The molecule has 45 heavy (non-hydrogen) atoms. The number of hydrogen-bond acceptors (Lipinski definition) is 3. The second-order valence-corrected chi connectivity index (χ2v) is 11.4. The maximum Gasteiger partial charge on any atom is 0.209 e. The summed E-state index contributed by atoms with van der Waals surface area (Å²) in [4.78, 5) is 3.48. The van der Waals surface area contributed by atoms with Gasteiger partial charge in [0.05, 0.1) is 22.6 Å². The highest BCUT2D eigenvalue weighted by Crippen LogP contribution is 2.56. The number of rotatable bonds is 6. The second-order valence-electron chi connectivity index (χ2n) is 10.6. The van der Waals surface area contributed by atoms with Crippen molar-refractivity contribution in [1.82, 2.24) is 0 Å². The van der Waals surface area contributed by atoms with Crippen LogP contribution in [-0.4, -0.2) is 0 Å². The zero-order valence-electron chi connectivity index (χ0n) is 23.7. The average molecular weight is 622 g/mol. The molecule has 0 heterocycles. The molecular weight excluding hydrogens is 599 g/mol. The molecule has 6 aromatic rings. The van der Waals surface area contributed by atoms with E-state index >= 15 is 0 Å². The minimum Gasteiger partial charge on any atom is -0.459 e. The summed E-state index contributed by atoms with van der Waals surface area (Å²) >= 11 is 12.2. The fourth-order valence-corrected chi connectivity index (χ4v) is 6.46. The summed E-state index contributed by atoms with van der Waals surface area (Å²) in [6.45, 7) is 7.36. The van der Waals surface area contributed by atoms with Crippen LogP contribution in [0.25, 0.3) is 16.0 Å². The monoisotopic (exact) mass is 620 g/mol. The van der Waals surface area contributed by atoms with Crippen LogP contribution in [0.5, 0.6) is 23.0 Å². The van der Waals surface area contributed by atoms with Gasteiger partial charge >= 0.3 is 0 Å². The Morgan fingerprint density at radius 2 is 1.04 bits per heavy atom. The first-order valence-corrected chi connectivity index (χ1v) is 14.9. The van der Waals surface area contributed by atoms with E-state index < -0.39 is 5.41 Å². The lowest BCUT2D eigenvalue weighted by atomic mass is 9.68. The summed E-state index contributed by atoms with van der Waals surface area (Å²) in [5.41, 5.74) is 7.00. The minimum atomic E-state index is -0.601. The van der Waals surface area contributed by atoms with Crippen molar-refractivity contribution in [3.05, 3.63) is 183 Å². The van der Waals surface area contributed by atoms with Crippen molar-refractivity contribution in [2.75, 3.05) is 0 Å². The number of ether oxygens (including phenoxy) is 2. The number of hydrogen-bond donors (Lipinski definition) is 0. The van der Waals surface area contributed by atoms with Crippen LogP contribution in [0.3, 0.4) is 0 Å². The van der Waals surface area contributed by atoms with E-state index in [9.17, 15) is 5.26 Å². The summed E-state index contributed by atoms with van der Waals surface area (Å²) in [5, 5.41) is 10.2. The van der Waals surface area contributed by atoms with Gasteiger partial charge in [0.25, 0.3) is 0 Å². The zero-order valence-corrected chi connectivity index (χ0v) is 25.2. The molecule has 7 rings (SSSR count). The summed E-state index contributed by atoms with van der Waals surface area (Å²) in [6.07, 6.45) is 0. The van der Waals surface area contributed by atoms with Gasteiger partial charge < -0.3 is 9.47 Å². The molecule has 0 saturated carbocycles. The van der Waals surface area contributed by atoms with Crippen LogP contribution in [-0.2, 0) is 5.41 Å². The lowest BCUT2D eigenvalue weighted by molar-refractivity contribution is 0.482. The van der Waals surface area contributed by atoms with Crippen molar-refractivity contribution in [3.8, 4) is 40.2 Å². The molecule has 1 aliphatic rings. The summed E-state index contributed by atoms with van der Waals surface area (Å²) < 4.78 is 12.2. The summed E-state index contributed by atoms with van der Waals surface area (Å²) in [5.74, 6) is 2.37. The average Bonchev–Trinajstić information content (AvgIpc) is 3.38. The van der Waals surface area contributed by atoms with E-state index in [-0.39, 0.29) is 0 Å². The summed E-state index contributed by atoms with van der Waals surface area (Å²) in [6, 6.07) is 45.5. The molecule has 0 bridgehead atoms. The van der Waals surface area contributed by atoms with E-state index in [1.54, 1.807) is 36.4 Å². The van der Waals surface area contributed by atoms with Crippen molar-refractivity contribution in [1.29, 1.82) is 5.26 Å². The van der Waals surface area contributed by atoms with Crippen LogP contribution < -0.4 is 9.47 Å². The van der Waals surface area contributed by atoms with E-state index in [1.165, 1.54) is 22.3 Å². The van der Waals surface area contributed by atoms with Crippen molar-refractivity contribution >= 4 is 28.9 Å². The lowest BCUT2D eigenvalue weighted by Gasteiger charge is -2.34. The highest BCUT2D eigenvalue weighted by Gasteiger charge is 2.45. The fourth-order valence-electron chi connectivity index (χ4n) is 6.14. The van der Waals surface area contributed by atoms with Crippen molar-refractivity contribution < 1.29 is 9.47 Å². The van der Waals surface area contributed by atoms with Gasteiger partial charge in [-0.2, -0.15) is 5.26 Å². The van der Waals surface area contributed by atoms with E-state index in [2.05, 4.69) is 83.7 Å². The Balaban J connectivity index is 1.32. The third-order valence-electron chi connectivity index (χ3n) is 8.09. The number of nitriles is 1. The molecule has 0 unspecified atom stereocenters. The molecule has 0 saturated heterocycles. The third kappa shape index (κ3) is 4.88. The smallest absolute Gasteiger partial charge is 0.209 e. The quantitative estimate of drug-likeness (QED) is 0.174. The van der Waals surface area contributed by atoms with Gasteiger partial charge in [-0.3, -0.25) is 0 Å². The van der Waals surface area contributed by atoms with E-state index in [1.807, 2.05) is 24.3 Å². The Hall–Kier alpha value is -5.52. The zero-order chi connectivity index (χ0) is 31.0. The molecule has 0 radical (unpaired) electrons. The van der Waals surface area contributed by atoms with E-state index in [4.69, 9.17) is 39.2 Å². The molecule has 0 atom stereocenters. The van der Waals surface area contributed by atoms with Crippen LogP contribution in [0, 0.1) is 17.9 Å². The van der Waals surface area contributed by atoms with Gasteiger partial charge in [-0.15, -0.1) is 0 Å². The van der Waals surface area contributed by atoms with E-state index in [0.717, 1.165) is 11.1 Å². The molecular formula is C39H22Cl2N2O2. The first-order valence-electron chi connectivity index (χ1n) is 14.1. The molecule has 0 spiro atoms. The van der Waals surface area contributed by atoms with Crippen LogP contribution in [0.2, 0.25) is 10.0 Å². The SMILES string of the molecule is [C-]#[N+]c1cc(Oc2ccc(C3(c4ccc(Oc5ccc(Cl)c(C#N)c5)cc4)c4ccccc4-c4ccccc43)cc2)ccc1Cl. The minimum absolute atomic E-state index is 0.345. The summed E-state index contributed by atoms with van der Waals surface area (Å²) in [7, 11) is 0. The van der Waals surface area contributed by atoms with Gasteiger partial charge in [-0.1, -0.05) is 102 Å². The Kier molecular flexibility index (Phi) is 7.24. The number of benzene rings is 6. The number of halogens is 2. The Bertz CT molecular complexity index is 2000. The van der Waals surface area contributed by atoms with Gasteiger partial charge in [-0.25, -0.2) is 4.85 Å². The fraction of sp³-hybridized carbons (Fsp3) is 0.0256. The molecule has 0 aromatic heterocycles. The Labute approximate surface area is 271 Å². The number of fused-ring (bicyclic) bond motifs is 3. The van der Waals surface area contributed by atoms with Crippen molar-refractivity contribution in [2.24, 2.45) is 0 Å². The molecule has 4 nitrogen and oxygen atoms in total. The largest absolute Gasteiger partial charge is 0.459 e. The van der Waals surface area contributed by atoms with Gasteiger partial charge in [0.15, 0.2) is 0 Å². The second kappa shape index (κ2) is 11.5. The molecule has 0 amide bonds. The Morgan fingerprint density at radius 1 is 0.578 bits per heavy atom. The normalized spacial score (nSPS) is 12.4. The lowest BCUT2D eigenvalue weighted by Crippen LogP contribution is -2.28. The molecule has 0 aliphatic heterocycles. The van der Waals surface area contributed by atoms with Crippen molar-refractivity contribution in [2.45, 2.75) is 5.41 Å². The molecule has 0 N–H and O–H groups in total. The van der Waals surface area contributed by atoms with Crippen LogP contribution in [0.15, 0.2) is 133 Å². The molecule has 0 fully saturated rings. The first kappa shape index (κ1) is 28.3. The third-order valence-corrected chi connectivity index (χ3v) is 8.74. The highest BCUT2D eigenvalue weighted by atomic mass is 35.5. The van der Waals surface area contributed by atoms with Crippen LogP contribution >= 0.6 is 23.2 Å². The standard InChI is InChI=1S/C39H22Cl2N2O2/c1-43-38-23-31(19-21-37(38)41)45-29-16-12-27(13-17-29)39(34-8-4-2-6-32(34)33-7-3-5-9-35(33)39)26-10-14-28(15-11-26)44-30-18-20-36(40)25(22-30)24-42/h2-23H. The molecule has 214 valence electrons. The van der Waals surface area contributed by atoms with Gasteiger partial charge in [-0.05, 0) is 81.9 Å². The maximum atomic E-state index is 9.37. The predicted molar refractivity (Wildman–Crippen MR) is 178 cm³/mol. The molecule has 6 heteroatoms.